The number of piperazine rings is 1. The number of aromatic nitrogens is 3. The van der Waals surface area contributed by atoms with Gasteiger partial charge in [0, 0.05) is 55.6 Å². The van der Waals surface area contributed by atoms with Gasteiger partial charge in [-0.25, -0.2) is 14.4 Å². The molecule has 6 nitrogen and oxygen atoms in total. The summed E-state index contributed by atoms with van der Waals surface area (Å²) in [6.45, 7) is 8.91. The van der Waals surface area contributed by atoms with E-state index >= 15 is 0 Å². The first-order chi connectivity index (χ1) is 16.8. The van der Waals surface area contributed by atoms with Crippen molar-refractivity contribution in [2.24, 2.45) is 0 Å². The summed E-state index contributed by atoms with van der Waals surface area (Å²) in [6, 6.07) is 11.3. The van der Waals surface area contributed by atoms with Gasteiger partial charge in [-0.15, -0.1) is 0 Å². The maximum atomic E-state index is 13.9. The van der Waals surface area contributed by atoms with Crippen LogP contribution < -0.4 is 14.7 Å². The van der Waals surface area contributed by atoms with Crippen LogP contribution in [0.1, 0.15) is 33.6 Å². The van der Waals surface area contributed by atoms with E-state index in [2.05, 4.69) is 40.5 Å². The molecule has 3 aromatic rings. The van der Waals surface area contributed by atoms with Gasteiger partial charge in [-0.1, -0.05) is 23.2 Å². The lowest BCUT2D eigenvalue weighted by atomic mass is 10.1. The highest BCUT2D eigenvalue weighted by Crippen LogP contribution is 2.34. The van der Waals surface area contributed by atoms with E-state index in [4.69, 9.17) is 33.2 Å². The van der Waals surface area contributed by atoms with Gasteiger partial charge >= 0.3 is 0 Å². The van der Waals surface area contributed by atoms with Crippen LogP contribution in [-0.2, 0) is 0 Å². The number of hydrogen-bond acceptors (Lipinski definition) is 6. The van der Waals surface area contributed by atoms with Crippen LogP contribution in [0, 0.1) is 5.82 Å². The lowest BCUT2D eigenvalue weighted by Crippen LogP contribution is -2.53. The van der Waals surface area contributed by atoms with Gasteiger partial charge in [-0.3, -0.25) is 0 Å². The zero-order chi connectivity index (χ0) is 24.7. The molecule has 184 valence electrons. The highest BCUT2D eigenvalue weighted by Gasteiger charge is 2.32. The van der Waals surface area contributed by atoms with Crippen molar-refractivity contribution in [2.45, 2.75) is 51.7 Å². The molecule has 2 saturated heterocycles. The van der Waals surface area contributed by atoms with Gasteiger partial charge in [0.25, 0.3) is 0 Å². The average Bonchev–Trinajstić information content (AvgIpc) is 3.18. The van der Waals surface area contributed by atoms with E-state index in [1.165, 1.54) is 6.07 Å². The highest BCUT2D eigenvalue weighted by atomic mass is 35.5. The zero-order valence-corrected chi connectivity index (χ0v) is 21.6. The molecule has 1 aromatic carbocycles. The largest absolute Gasteiger partial charge is 0.352 e. The lowest BCUT2D eigenvalue weighted by molar-refractivity contribution is 0.541. The van der Waals surface area contributed by atoms with Crippen LogP contribution in [-0.4, -0.2) is 52.7 Å². The summed E-state index contributed by atoms with van der Waals surface area (Å²) in [5.41, 5.74) is 1.51. The summed E-state index contributed by atoms with van der Waals surface area (Å²) in [4.78, 5) is 21.3. The van der Waals surface area contributed by atoms with Crippen LogP contribution in [0.15, 0.2) is 42.6 Å². The van der Waals surface area contributed by atoms with E-state index in [-0.39, 0.29) is 11.1 Å². The second-order valence-electron chi connectivity index (χ2n) is 9.52. The molecular formula is C26H29Cl2FN6. The van der Waals surface area contributed by atoms with Gasteiger partial charge in [0.15, 0.2) is 0 Å². The number of hydrogen-bond donors (Lipinski definition) is 0. The van der Waals surface area contributed by atoms with Crippen LogP contribution >= 0.6 is 23.2 Å². The third-order valence-electron chi connectivity index (χ3n) is 7.06. The molecule has 9 heteroatoms. The first kappa shape index (κ1) is 24.1. The second-order valence-corrected chi connectivity index (χ2v) is 10.3. The number of benzene rings is 1. The summed E-state index contributed by atoms with van der Waals surface area (Å²) in [6.07, 6.45) is 3.98. The van der Waals surface area contributed by atoms with Gasteiger partial charge in [-0.05, 0) is 63.9 Å². The lowest BCUT2D eigenvalue weighted by Gasteiger charge is -2.41. The highest BCUT2D eigenvalue weighted by molar-refractivity contribution is 6.33. The van der Waals surface area contributed by atoms with Crippen molar-refractivity contribution < 1.29 is 4.39 Å². The maximum Gasteiger partial charge on any atom is 0.228 e. The minimum Gasteiger partial charge on any atom is -0.352 e. The van der Waals surface area contributed by atoms with Crippen LogP contribution in [0.5, 0.6) is 0 Å². The van der Waals surface area contributed by atoms with Crippen molar-refractivity contribution in [3.8, 4) is 11.3 Å². The van der Waals surface area contributed by atoms with Crippen LogP contribution in [0.3, 0.4) is 0 Å². The molecule has 0 bridgehead atoms. The number of nitrogens with zero attached hydrogens (tertiary/aromatic N) is 6. The monoisotopic (exact) mass is 514 g/mol. The minimum absolute atomic E-state index is 0.0846. The quantitative estimate of drug-likeness (QED) is 0.420. The van der Waals surface area contributed by atoms with Crippen LogP contribution in [0.4, 0.5) is 22.0 Å². The third kappa shape index (κ3) is 4.76. The number of halogens is 3. The molecule has 35 heavy (non-hydrogen) atoms. The van der Waals surface area contributed by atoms with E-state index in [0.29, 0.717) is 23.1 Å². The van der Waals surface area contributed by atoms with Crippen molar-refractivity contribution in [3.63, 3.8) is 0 Å². The molecule has 2 aromatic heterocycles. The standard InChI is InChI=1S/C26H29Cl2FN6/c1-16-6-7-17(2)35(16)26-31-23(19-8-9-22(29)21(28)13-19)14-24(32-26)34-12-11-33(15-18(34)3)25-20(27)5-4-10-30-25/h4-5,8-10,13-14,16-18H,6-7,11-12,15H2,1-3H3. The molecule has 2 fully saturated rings. The van der Waals surface area contributed by atoms with E-state index in [9.17, 15) is 4.39 Å². The van der Waals surface area contributed by atoms with E-state index < -0.39 is 5.82 Å². The number of anilines is 3. The smallest absolute Gasteiger partial charge is 0.228 e. The number of rotatable bonds is 4. The molecule has 4 heterocycles. The molecule has 2 aliphatic rings. The number of pyridine rings is 1. The second kappa shape index (κ2) is 9.78. The fraction of sp³-hybridized carbons (Fsp3) is 0.423. The summed E-state index contributed by atoms with van der Waals surface area (Å²) < 4.78 is 13.9. The summed E-state index contributed by atoms with van der Waals surface area (Å²) in [5, 5.41) is 0.742. The molecule has 0 saturated carbocycles. The van der Waals surface area contributed by atoms with Gasteiger partial charge in [0.1, 0.15) is 17.5 Å². The van der Waals surface area contributed by atoms with Crippen molar-refractivity contribution in [3.05, 3.63) is 58.5 Å². The molecule has 0 amide bonds. The fourth-order valence-corrected chi connectivity index (χ4v) is 5.60. The Morgan fingerprint density at radius 3 is 2.37 bits per heavy atom. The molecule has 5 rings (SSSR count). The van der Waals surface area contributed by atoms with E-state index in [1.807, 2.05) is 18.2 Å². The van der Waals surface area contributed by atoms with Crippen molar-refractivity contribution in [2.75, 3.05) is 34.3 Å². The fourth-order valence-electron chi connectivity index (χ4n) is 5.18. The van der Waals surface area contributed by atoms with Crippen molar-refractivity contribution in [1.29, 1.82) is 0 Å². The Hall–Kier alpha value is -2.64. The van der Waals surface area contributed by atoms with Crippen molar-refractivity contribution in [1.82, 2.24) is 15.0 Å². The topological polar surface area (TPSA) is 48.4 Å². The summed E-state index contributed by atoms with van der Waals surface area (Å²) >= 11 is 12.5. The Kier molecular flexibility index (Phi) is 6.73. The molecule has 3 atom stereocenters. The Labute approximate surface area is 215 Å². The molecule has 0 radical (unpaired) electrons. The molecule has 0 spiro atoms. The summed E-state index contributed by atoms with van der Waals surface area (Å²) in [7, 11) is 0. The third-order valence-corrected chi connectivity index (χ3v) is 7.64. The Morgan fingerprint density at radius 1 is 0.914 bits per heavy atom. The molecule has 3 unspecified atom stereocenters. The maximum absolute atomic E-state index is 13.9. The zero-order valence-electron chi connectivity index (χ0n) is 20.1. The Morgan fingerprint density at radius 2 is 1.69 bits per heavy atom. The van der Waals surface area contributed by atoms with Crippen LogP contribution in [0.2, 0.25) is 10.0 Å². The molecule has 0 aliphatic carbocycles. The van der Waals surface area contributed by atoms with Crippen molar-refractivity contribution >= 4 is 40.8 Å². The molecule has 0 N–H and O–H groups in total. The predicted octanol–water partition coefficient (Wildman–Crippen LogP) is 6.08. The first-order valence-corrected chi connectivity index (χ1v) is 12.8. The Bertz CT molecular complexity index is 1210. The minimum atomic E-state index is -0.440. The average molecular weight is 515 g/mol. The summed E-state index contributed by atoms with van der Waals surface area (Å²) in [5.74, 6) is 1.93. The first-order valence-electron chi connectivity index (χ1n) is 12.1. The van der Waals surface area contributed by atoms with Gasteiger partial charge in [0.05, 0.1) is 15.7 Å². The van der Waals surface area contributed by atoms with Gasteiger partial charge in [-0.2, -0.15) is 4.98 Å². The van der Waals surface area contributed by atoms with E-state index in [1.54, 1.807) is 18.3 Å². The normalized spacial score (nSPS) is 22.7. The molecular weight excluding hydrogens is 486 g/mol. The van der Waals surface area contributed by atoms with E-state index in [0.717, 1.165) is 55.4 Å². The molecule has 2 aliphatic heterocycles. The SMILES string of the molecule is CC1CN(c2ncccc2Cl)CCN1c1cc(-c2ccc(F)c(Cl)c2)nc(N2C(C)CCC2C)n1. The predicted molar refractivity (Wildman–Crippen MR) is 141 cm³/mol. The van der Waals surface area contributed by atoms with Gasteiger partial charge < -0.3 is 14.7 Å². The van der Waals surface area contributed by atoms with Gasteiger partial charge in [0.2, 0.25) is 5.95 Å². The Balaban J connectivity index is 1.51. The van der Waals surface area contributed by atoms with Crippen LogP contribution in [0.25, 0.3) is 11.3 Å².